The van der Waals surface area contributed by atoms with Crippen LogP contribution in [0.2, 0.25) is 0 Å². The van der Waals surface area contributed by atoms with Crippen molar-refractivity contribution in [3.05, 3.63) is 24.3 Å². The van der Waals surface area contributed by atoms with Gasteiger partial charge in [0.15, 0.2) is 4.75 Å². The molecule has 10 nitrogen and oxygen atoms in total. The topological polar surface area (TPSA) is 139 Å². The largest absolute Gasteiger partial charge is 0.494 e. The summed E-state index contributed by atoms with van der Waals surface area (Å²) in [5, 5.41) is 0. The summed E-state index contributed by atoms with van der Waals surface area (Å²) in [6, 6.07) is 7.79. The van der Waals surface area contributed by atoms with Gasteiger partial charge in [0.1, 0.15) is 5.75 Å². The summed E-state index contributed by atoms with van der Waals surface area (Å²) in [5.74, 6) is -0.305. The summed E-state index contributed by atoms with van der Waals surface area (Å²) in [6.07, 6.45) is 2.05. The standard InChI is InChI=1S/C22H35N5O5S.C2H6/c1-2-3-16-32-19-6-4-18(5-7-19)25-12-14-27(15-13-25)33(30,31)22(21(24)29)8-10-26(11-9-22)20(28)17-23;1-2/h4-7H,2-3,8-17,23H2,1H3,(H2,24,29);1-2H3. The Morgan fingerprint density at radius 3 is 2.06 bits per heavy atom. The molecule has 1 aromatic rings. The van der Waals surface area contributed by atoms with Crippen molar-refractivity contribution in [2.24, 2.45) is 11.5 Å². The minimum Gasteiger partial charge on any atom is -0.494 e. The summed E-state index contributed by atoms with van der Waals surface area (Å²) in [6.45, 7) is 8.47. The van der Waals surface area contributed by atoms with Crippen molar-refractivity contribution in [3.8, 4) is 5.75 Å². The average molecular weight is 512 g/mol. The molecule has 4 N–H and O–H groups in total. The molecule has 2 saturated heterocycles. The first kappa shape index (κ1) is 28.9. The number of rotatable bonds is 9. The number of carbonyl (C=O) groups is 2. The van der Waals surface area contributed by atoms with Gasteiger partial charge in [-0.25, -0.2) is 8.42 Å². The number of likely N-dealkylation sites (tertiary alicyclic amines) is 1. The lowest BCUT2D eigenvalue weighted by molar-refractivity contribution is -0.133. The van der Waals surface area contributed by atoms with Crippen molar-refractivity contribution in [3.63, 3.8) is 0 Å². The summed E-state index contributed by atoms with van der Waals surface area (Å²) in [5.41, 5.74) is 12.0. The van der Waals surface area contributed by atoms with Crippen molar-refractivity contribution in [2.75, 3.05) is 57.3 Å². The molecule has 1 aromatic carbocycles. The van der Waals surface area contributed by atoms with Gasteiger partial charge in [-0.2, -0.15) is 4.31 Å². The SMILES string of the molecule is CC.CCCCOc1ccc(N2CCN(S(=O)(=O)C3(C(N)=O)CCN(C(=O)CN)CC3)CC2)cc1. The molecule has 2 aliphatic heterocycles. The van der Waals surface area contributed by atoms with E-state index in [-0.39, 0.29) is 51.5 Å². The lowest BCUT2D eigenvalue weighted by atomic mass is 9.95. The van der Waals surface area contributed by atoms with Crippen LogP contribution in [0.4, 0.5) is 5.69 Å². The van der Waals surface area contributed by atoms with Crippen LogP contribution in [0.25, 0.3) is 0 Å². The maximum absolute atomic E-state index is 13.5. The molecule has 2 fully saturated rings. The Morgan fingerprint density at radius 2 is 1.57 bits per heavy atom. The number of anilines is 1. The van der Waals surface area contributed by atoms with Gasteiger partial charge in [-0.1, -0.05) is 27.2 Å². The van der Waals surface area contributed by atoms with E-state index in [4.69, 9.17) is 16.2 Å². The quantitative estimate of drug-likeness (QED) is 0.474. The Balaban J connectivity index is 0.00000210. The number of piperazine rings is 1. The van der Waals surface area contributed by atoms with Gasteiger partial charge in [0.2, 0.25) is 21.8 Å². The number of primary amides is 1. The Kier molecular flexibility index (Phi) is 10.8. The Labute approximate surface area is 209 Å². The fourth-order valence-electron chi connectivity index (χ4n) is 4.40. The number of unbranched alkanes of at least 4 members (excludes halogenated alkanes) is 1. The average Bonchev–Trinajstić information content (AvgIpc) is 2.90. The second-order valence-electron chi connectivity index (χ2n) is 8.53. The van der Waals surface area contributed by atoms with Crippen molar-refractivity contribution < 1.29 is 22.7 Å². The van der Waals surface area contributed by atoms with Gasteiger partial charge >= 0.3 is 0 Å². The molecule has 35 heavy (non-hydrogen) atoms. The predicted molar refractivity (Wildman–Crippen MR) is 138 cm³/mol. The zero-order chi connectivity index (χ0) is 26.1. The third-order valence-electron chi connectivity index (χ3n) is 6.59. The van der Waals surface area contributed by atoms with Gasteiger partial charge in [0.25, 0.3) is 0 Å². The molecular weight excluding hydrogens is 470 g/mol. The fraction of sp³-hybridized carbons (Fsp3) is 0.667. The molecule has 0 saturated carbocycles. The van der Waals surface area contributed by atoms with Crippen molar-refractivity contribution in [1.29, 1.82) is 0 Å². The van der Waals surface area contributed by atoms with Crippen molar-refractivity contribution >= 4 is 27.5 Å². The minimum atomic E-state index is -3.98. The number of sulfonamides is 1. The van der Waals surface area contributed by atoms with Crippen LogP contribution in [0.15, 0.2) is 24.3 Å². The van der Waals surface area contributed by atoms with E-state index < -0.39 is 20.7 Å². The smallest absolute Gasteiger partial charge is 0.240 e. The van der Waals surface area contributed by atoms with Crippen LogP contribution in [0.5, 0.6) is 5.75 Å². The van der Waals surface area contributed by atoms with E-state index in [0.29, 0.717) is 19.7 Å². The molecule has 0 atom stereocenters. The highest BCUT2D eigenvalue weighted by Gasteiger charge is 2.54. The summed E-state index contributed by atoms with van der Waals surface area (Å²) < 4.78 is 32.4. The van der Waals surface area contributed by atoms with Gasteiger partial charge in [0.05, 0.1) is 13.2 Å². The second kappa shape index (κ2) is 13.1. The maximum Gasteiger partial charge on any atom is 0.240 e. The van der Waals surface area contributed by atoms with Crippen LogP contribution in [-0.2, 0) is 19.6 Å². The first-order valence-electron chi connectivity index (χ1n) is 12.5. The molecule has 0 aliphatic carbocycles. The summed E-state index contributed by atoms with van der Waals surface area (Å²) in [4.78, 5) is 27.9. The predicted octanol–water partition coefficient (Wildman–Crippen LogP) is 1.15. The number of hydrogen-bond acceptors (Lipinski definition) is 7. The van der Waals surface area contributed by atoms with Crippen LogP contribution in [-0.4, -0.2) is 86.6 Å². The van der Waals surface area contributed by atoms with E-state index in [0.717, 1.165) is 24.3 Å². The van der Waals surface area contributed by atoms with Gasteiger partial charge in [-0.15, -0.1) is 0 Å². The number of amides is 2. The van der Waals surface area contributed by atoms with Crippen LogP contribution in [0, 0.1) is 0 Å². The number of ether oxygens (including phenoxy) is 1. The second-order valence-corrected chi connectivity index (χ2v) is 10.8. The molecule has 0 unspecified atom stereocenters. The van der Waals surface area contributed by atoms with Crippen LogP contribution < -0.4 is 21.1 Å². The normalized spacial score (nSPS) is 18.4. The van der Waals surface area contributed by atoms with E-state index in [1.54, 1.807) is 0 Å². The molecule has 2 amide bonds. The number of nitrogens with zero attached hydrogens (tertiary/aromatic N) is 3. The number of piperidine rings is 1. The molecule has 0 aromatic heterocycles. The molecule has 2 aliphatic rings. The Hall–Kier alpha value is -2.37. The molecule has 0 radical (unpaired) electrons. The molecule has 11 heteroatoms. The molecule has 3 rings (SSSR count). The zero-order valence-corrected chi connectivity index (χ0v) is 22.1. The molecule has 198 valence electrons. The third-order valence-corrected chi connectivity index (χ3v) is 9.23. The van der Waals surface area contributed by atoms with Crippen molar-refractivity contribution in [2.45, 2.75) is 51.2 Å². The lowest BCUT2D eigenvalue weighted by Crippen LogP contribution is -2.63. The monoisotopic (exact) mass is 511 g/mol. The van der Waals surface area contributed by atoms with Crippen molar-refractivity contribution in [1.82, 2.24) is 9.21 Å². The summed E-state index contributed by atoms with van der Waals surface area (Å²) in [7, 11) is -3.98. The minimum absolute atomic E-state index is 0.0177. The van der Waals surface area contributed by atoms with Crippen LogP contribution >= 0.6 is 0 Å². The van der Waals surface area contributed by atoms with E-state index in [9.17, 15) is 18.0 Å². The molecule has 2 heterocycles. The highest BCUT2D eigenvalue weighted by Crippen LogP contribution is 2.34. The van der Waals surface area contributed by atoms with E-state index in [1.807, 2.05) is 38.1 Å². The van der Waals surface area contributed by atoms with Gasteiger partial charge in [-0.3, -0.25) is 9.59 Å². The highest BCUT2D eigenvalue weighted by atomic mass is 32.2. The number of benzene rings is 1. The number of hydrogen-bond donors (Lipinski definition) is 2. The number of carbonyl (C=O) groups excluding carboxylic acids is 2. The van der Waals surface area contributed by atoms with Gasteiger partial charge in [0, 0.05) is 45.0 Å². The lowest BCUT2D eigenvalue weighted by Gasteiger charge is -2.43. The van der Waals surface area contributed by atoms with Gasteiger partial charge in [-0.05, 0) is 43.5 Å². The fourth-order valence-corrected chi connectivity index (χ4v) is 6.49. The van der Waals surface area contributed by atoms with Gasteiger partial charge < -0.3 is 26.0 Å². The maximum atomic E-state index is 13.5. The van der Waals surface area contributed by atoms with E-state index in [2.05, 4.69) is 11.8 Å². The molecule has 0 spiro atoms. The Morgan fingerprint density at radius 1 is 1.00 bits per heavy atom. The molecule has 0 bridgehead atoms. The first-order chi connectivity index (χ1) is 16.7. The highest BCUT2D eigenvalue weighted by molar-refractivity contribution is 7.91. The number of nitrogens with two attached hydrogens (primary N) is 2. The van der Waals surface area contributed by atoms with Crippen LogP contribution in [0.1, 0.15) is 46.5 Å². The third kappa shape index (κ3) is 6.45. The zero-order valence-electron chi connectivity index (χ0n) is 21.2. The first-order valence-corrected chi connectivity index (χ1v) is 13.9. The van der Waals surface area contributed by atoms with Crippen LogP contribution in [0.3, 0.4) is 0 Å². The summed E-state index contributed by atoms with van der Waals surface area (Å²) >= 11 is 0. The van der Waals surface area contributed by atoms with E-state index >= 15 is 0 Å². The van der Waals surface area contributed by atoms with E-state index in [1.165, 1.54) is 9.21 Å². The Bertz CT molecular complexity index is 922. The molecular formula is C24H41N5O5S.